The van der Waals surface area contributed by atoms with Crippen molar-refractivity contribution in [2.45, 2.75) is 6.61 Å². The number of benzene rings is 1. The maximum atomic E-state index is 5.46. The van der Waals surface area contributed by atoms with E-state index in [0.717, 1.165) is 0 Å². The zero-order chi connectivity index (χ0) is 9.36. The summed E-state index contributed by atoms with van der Waals surface area (Å²) in [6, 6.07) is 10.1. The molecule has 0 radical (unpaired) electrons. The van der Waals surface area contributed by atoms with Crippen LogP contribution in [0.4, 0.5) is 0 Å². The average Bonchev–Trinajstić information content (AvgIpc) is 2.19. The van der Waals surface area contributed by atoms with Crippen molar-refractivity contribution >= 4 is 11.6 Å². The van der Waals surface area contributed by atoms with Crippen LogP contribution in [0.25, 0.3) is 0 Å². The van der Waals surface area contributed by atoms with Crippen LogP contribution in [0.2, 0.25) is 0 Å². The van der Waals surface area contributed by atoms with E-state index in [1.807, 2.05) is 42.5 Å². The molecule has 0 aromatic heterocycles. The standard InChI is InChI=1S/C11H13ClO/c12-8-4-5-9-13-10-11-6-2-1-3-7-11/h1-7H,8-10H2. The summed E-state index contributed by atoms with van der Waals surface area (Å²) in [7, 11) is 0. The van der Waals surface area contributed by atoms with Gasteiger partial charge < -0.3 is 4.74 Å². The van der Waals surface area contributed by atoms with Gasteiger partial charge in [0.15, 0.2) is 0 Å². The molecule has 1 rings (SSSR count). The van der Waals surface area contributed by atoms with E-state index in [1.54, 1.807) is 0 Å². The Bertz CT molecular complexity index is 244. The monoisotopic (exact) mass is 196 g/mol. The molecule has 0 aliphatic carbocycles. The predicted molar refractivity (Wildman–Crippen MR) is 56.0 cm³/mol. The molecule has 0 bridgehead atoms. The summed E-state index contributed by atoms with van der Waals surface area (Å²) in [6.07, 6.45) is 3.81. The Hall–Kier alpha value is -0.790. The second kappa shape index (κ2) is 6.70. The van der Waals surface area contributed by atoms with Crippen LogP contribution >= 0.6 is 11.6 Å². The van der Waals surface area contributed by atoms with Gasteiger partial charge in [0.2, 0.25) is 0 Å². The van der Waals surface area contributed by atoms with Gasteiger partial charge in [0.05, 0.1) is 13.2 Å². The van der Waals surface area contributed by atoms with Crippen molar-refractivity contribution in [3.8, 4) is 0 Å². The molecule has 1 aromatic rings. The Morgan fingerprint density at radius 3 is 2.62 bits per heavy atom. The molecule has 1 nitrogen and oxygen atoms in total. The first-order chi connectivity index (χ1) is 6.43. The number of ether oxygens (including phenoxy) is 1. The van der Waals surface area contributed by atoms with Gasteiger partial charge in [-0.05, 0) is 5.56 Å². The zero-order valence-corrected chi connectivity index (χ0v) is 8.20. The van der Waals surface area contributed by atoms with E-state index in [0.29, 0.717) is 19.1 Å². The van der Waals surface area contributed by atoms with Crippen molar-refractivity contribution in [1.82, 2.24) is 0 Å². The van der Waals surface area contributed by atoms with E-state index in [-0.39, 0.29) is 0 Å². The first-order valence-corrected chi connectivity index (χ1v) is 4.79. The van der Waals surface area contributed by atoms with Crippen LogP contribution in [-0.2, 0) is 11.3 Å². The fraction of sp³-hybridized carbons (Fsp3) is 0.273. The summed E-state index contributed by atoms with van der Waals surface area (Å²) in [4.78, 5) is 0. The molecule has 0 amide bonds. The Morgan fingerprint density at radius 1 is 1.15 bits per heavy atom. The maximum Gasteiger partial charge on any atom is 0.0721 e. The van der Waals surface area contributed by atoms with E-state index in [9.17, 15) is 0 Å². The summed E-state index contributed by atoms with van der Waals surface area (Å²) in [5.41, 5.74) is 1.20. The highest BCUT2D eigenvalue weighted by Crippen LogP contribution is 1.99. The summed E-state index contributed by atoms with van der Waals surface area (Å²) in [5, 5.41) is 0. The molecule has 0 fully saturated rings. The van der Waals surface area contributed by atoms with Crippen LogP contribution in [0.15, 0.2) is 42.5 Å². The minimum absolute atomic E-state index is 0.550. The molecule has 1 aromatic carbocycles. The van der Waals surface area contributed by atoms with Crippen LogP contribution in [0, 0.1) is 0 Å². The van der Waals surface area contributed by atoms with E-state index < -0.39 is 0 Å². The molecule has 0 saturated heterocycles. The predicted octanol–water partition coefficient (Wildman–Crippen LogP) is 3.00. The number of rotatable bonds is 5. The largest absolute Gasteiger partial charge is 0.373 e. The highest BCUT2D eigenvalue weighted by Gasteiger charge is 1.88. The van der Waals surface area contributed by atoms with Gasteiger partial charge in [-0.15, -0.1) is 11.6 Å². The topological polar surface area (TPSA) is 9.23 Å². The molecular weight excluding hydrogens is 184 g/mol. The second-order valence-electron chi connectivity index (χ2n) is 2.63. The van der Waals surface area contributed by atoms with Crippen molar-refractivity contribution in [1.29, 1.82) is 0 Å². The van der Waals surface area contributed by atoms with Crippen molar-refractivity contribution < 1.29 is 4.74 Å². The van der Waals surface area contributed by atoms with Gasteiger partial charge in [-0.3, -0.25) is 0 Å². The summed E-state index contributed by atoms with van der Waals surface area (Å²) in [5.74, 6) is 0.550. The Morgan fingerprint density at radius 2 is 1.92 bits per heavy atom. The lowest BCUT2D eigenvalue weighted by molar-refractivity contribution is 0.148. The van der Waals surface area contributed by atoms with Gasteiger partial charge in [0, 0.05) is 5.88 Å². The summed E-state index contributed by atoms with van der Waals surface area (Å²) < 4.78 is 5.38. The smallest absolute Gasteiger partial charge is 0.0721 e. The third-order valence-electron chi connectivity index (χ3n) is 1.58. The third kappa shape index (κ3) is 4.71. The van der Waals surface area contributed by atoms with Gasteiger partial charge in [0.1, 0.15) is 0 Å². The Labute approximate surface area is 84.0 Å². The van der Waals surface area contributed by atoms with E-state index in [1.165, 1.54) is 5.56 Å². The van der Waals surface area contributed by atoms with Crippen molar-refractivity contribution in [2.24, 2.45) is 0 Å². The third-order valence-corrected chi connectivity index (χ3v) is 1.76. The summed E-state index contributed by atoms with van der Waals surface area (Å²) >= 11 is 5.46. The van der Waals surface area contributed by atoms with E-state index >= 15 is 0 Å². The molecule has 0 saturated carbocycles. The van der Waals surface area contributed by atoms with Gasteiger partial charge in [0.25, 0.3) is 0 Å². The minimum atomic E-state index is 0.550. The molecule has 13 heavy (non-hydrogen) atoms. The van der Waals surface area contributed by atoms with E-state index in [2.05, 4.69) is 0 Å². The number of halogens is 1. The van der Waals surface area contributed by atoms with Gasteiger partial charge in [-0.25, -0.2) is 0 Å². The first kappa shape index (κ1) is 10.3. The van der Waals surface area contributed by atoms with Gasteiger partial charge >= 0.3 is 0 Å². The van der Waals surface area contributed by atoms with Crippen molar-refractivity contribution in [3.05, 3.63) is 48.0 Å². The maximum absolute atomic E-state index is 5.46. The van der Waals surface area contributed by atoms with Crippen molar-refractivity contribution in [2.75, 3.05) is 12.5 Å². The molecular formula is C11H13ClO. The molecule has 0 heterocycles. The van der Waals surface area contributed by atoms with Gasteiger partial charge in [-0.1, -0.05) is 42.5 Å². The van der Waals surface area contributed by atoms with E-state index in [4.69, 9.17) is 16.3 Å². The highest BCUT2D eigenvalue weighted by molar-refractivity contribution is 6.18. The first-order valence-electron chi connectivity index (χ1n) is 4.26. The number of hydrogen-bond donors (Lipinski definition) is 0. The van der Waals surface area contributed by atoms with Crippen LogP contribution in [0.3, 0.4) is 0 Å². The van der Waals surface area contributed by atoms with Gasteiger partial charge in [-0.2, -0.15) is 0 Å². The SMILES string of the molecule is ClCC=CCOCc1ccccc1. The molecule has 0 spiro atoms. The van der Waals surface area contributed by atoms with Crippen LogP contribution in [0.1, 0.15) is 5.56 Å². The van der Waals surface area contributed by atoms with Crippen LogP contribution < -0.4 is 0 Å². The summed E-state index contributed by atoms with van der Waals surface area (Å²) in [6.45, 7) is 1.29. The zero-order valence-electron chi connectivity index (χ0n) is 7.45. The molecule has 0 aliphatic rings. The second-order valence-corrected chi connectivity index (χ2v) is 2.94. The lowest BCUT2D eigenvalue weighted by Gasteiger charge is -2.00. The Kier molecular flexibility index (Phi) is 5.30. The molecule has 2 heteroatoms. The highest BCUT2D eigenvalue weighted by atomic mass is 35.5. The number of allylic oxidation sites excluding steroid dienone is 1. The fourth-order valence-corrected chi connectivity index (χ4v) is 1.08. The lowest BCUT2D eigenvalue weighted by atomic mass is 10.2. The average molecular weight is 197 g/mol. The molecule has 70 valence electrons. The van der Waals surface area contributed by atoms with Crippen molar-refractivity contribution in [3.63, 3.8) is 0 Å². The fourth-order valence-electron chi connectivity index (χ4n) is 0.950. The quantitative estimate of drug-likeness (QED) is 0.400. The number of hydrogen-bond acceptors (Lipinski definition) is 1. The molecule has 0 N–H and O–H groups in total. The number of alkyl halides is 1. The Balaban J connectivity index is 2.17. The minimum Gasteiger partial charge on any atom is -0.373 e. The molecule has 0 aliphatic heterocycles. The molecule has 0 unspecified atom stereocenters. The normalized spacial score (nSPS) is 10.8. The van der Waals surface area contributed by atoms with Crippen LogP contribution in [-0.4, -0.2) is 12.5 Å². The van der Waals surface area contributed by atoms with Crippen LogP contribution in [0.5, 0.6) is 0 Å². The lowest BCUT2D eigenvalue weighted by Crippen LogP contribution is -1.91. The molecule has 0 atom stereocenters.